The predicted molar refractivity (Wildman–Crippen MR) is 54.4 cm³/mol. The van der Waals surface area contributed by atoms with Gasteiger partial charge in [-0.15, -0.1) is 5.10 Å². The van der Waals surface area contributed by atoms with E-state index in [-0.39, 0.29) is 29.0 Å². The Balaban J connectivity index is 2.60. The molecular formula is C8H12N2O4S. The molecule has 0 aliphatic rings. The highest BCUT2D eigenvalue weighted by Gasteiger charge is 2.10. The molecule has 6 nitrogen and oxygen atoms in total. The summed E-state index contributed by atoms with van der Waals surface area (Å²) in [5.74, 6) is -0.188. The maximum atomic E-state index is 11.3. The highest BCUT2D eigenvalue weighted by molar-refractivity contribution is 7.10. The SMILES string of the molecule is CCOCC(=O)Cn1nc(OC)sc1=O. The van der Waals surface area contributed by atoms with Crippen LogP contribution in [0.5, 0.6) is 5.19 Å². The van der Waals surface area contributed by atoms with Crippen molar-refractivity contribution in [2.45, 2.75) is 13.5 Å². The van der Waals surface area contributed by atoms with Crippen LogP contribution in [0.15, 0.2) is 4.79 Å². The first-order valence-electron chi connectivity index (χ1n) is 4.38. The number of hydrogen-bond donors (Lipinski definition) is 0. The van der Waals surface area contributed by atoms with Crippen LogP contribution in [-0.4, -0.2) is 35.9 Å². The molecule has 84 valence electrons. The fourth-order valence-corrected chi connectivity index (χ4v) is 1.48. The quantitative estimate of drug-likeness (QED) is 0.686. The van der Waals surface area contributed by atoms with Crippen LogP contribution in [0.4, 0.5) is 0 Å². The Hall–Kier alpha value is -1.21. The van der Waals surface area contributed by atoms with Gasteiger partial charge in [0, 0.05) is 6.61 Å². The number of ether oxygens (including phenoxy) is 2. The normalized spacial score (nSPS) is 10.3. The van der Waals surface area contributed by atoms with E-state index in [9.17, 15) is 9.59 Å². The van der Waals surface area contributed by atoms with Crippen molar-refractivity contribution in [2.24, 2.45) is 0 Å². The maximum Gasteiger partial charge on any atom is 0.328 e. The first-order chi connectivity index (χ1) is 7.17. The lowest BCUT2D eigenvalue weighted by Gasteiger charge is -1.99. The largest absolute Gasteiger partial charge is 0.472 e. The molecule has 0 saturated carbocycles. The number of hydrogen-bond acceptors (Lipinski definition) is 6. The lowest BCUT2D eigenvalue weighted by atomic mass is 10.4. The minimum absolute atomic E-state index is 0.00276. The van der Waals surface area contributed by atoms with E-state index in [1.165, 1.54) is 7.11 Å². The van der Waals surface area contributed by atoms with Crippen LogP contribution in [0, 0.1) is 0 Å². The molecule has 0 spiro atoms. The Bertz CT molecular complexity index is 384. The fraction of sp³-hybridized carbons (Fsp3) is 0.625. The third-order valence-corrected chi connectivity index (χ3v) is 2.36. The molecule has 0 bridgehead atoms. The van der Waals surface area contributed by atoms with E-state index >= 15 is 0 Å². The number of Topliss-reactive ketones (excluding diaryl/α,β-unsaturated/α-hetero) is 1. The van der Waals surface area contributed by atoms with Crippen molar-refractivity contribution in [1.82, 2.24) is 9.78 Å². The van der Waals surface area contributed by atoms with Crippen LogP contribution in [0.3, 0.4) is 0 Å². The van der Waals surface area contributed by atoms with Crippen LogP contribution in [0.25, 0.3) is 0 Å². The zero-order valence-electron chi connectivity index (χ0n) is 8.56. The van der Waals surface area contributed by atoms with E-state index in [4.69, 9.17) is 9.47 Å². The monoisotopic (exact) mass is 232 g/mol. The van der Waals surface area contributed by atoms with E-state index in [0.717, 1.165) is 16.0 Å². The molecule has 0 saturated heterocycles. The van der Waals surface area contributed by atoms with Gasteiger partial charge in [0.05, 0.1) is 7.11 Å². The Kier molecular flexibility index (Phi) is 4.44. The molecule has 0 atom stereocenters. The topological polar surface area (TPSA) is 70.4 Å². The van der Waals surface area contributed by atoms with E-state index in [2.05, 4.69) is 5.10 Å². The van der Waals surface area contributed by atoms with Gasteiger partial charge in [0.25, 0.3) is 5.19 Å². The van der Waals surface area contributed by atoms with Crippen LogP contribution in [0.1, 0.15) is 6.92 Å². The second-order valence-electron chi connectivity index (χ2n) is 2.67. The Morgan fingerprint density at radius 3 is 2.87 bits per heavy atom. The number of nitrogens with zero attached hydrogens (tertiary/aromatic N) is 2. The molecule has 1 rings (SSSR count). The minimum Gasteiger partial charge on any atom is -0.472 e. The van der Waals surface area contributed by atoms with Crippen LogP contribution < -0.4 is 9.61 Å². The second kappa shape index (κ2) is 5.62. The van der Waals surface area contributed by atoms with Gasteiger partial charge >= 0.3 is 4.87 Å². The number of ketones is 1. The third kappa shape index (κ3) is 3.45. The molecule has 15 heavy (non-hydrogen) atoms. The summed E-state index contributed by atoms with van der Waals surface area (Å²) in [7, 11) is 1.42. The molecule has 7 heteroatoms. The summed E-state index contributed by atoms with van der Waals surface area (Å²) in [4.78, 5) is 22.2. The molecule has 0 fully saturated rings. The molecule has 0 amide bonds. The highest BCUT2D eigenvalue weighted by atomic mass is 32.1. The van der Waals surface area contributed by atoms with Gasteiger partial charge in [-0.25, -0.2) is 4.68 Å². The highest BCUT2D eigenvalue weighted by Crippen LogP contribution is 2.07. The van der Waals surface area contributed by atoms with Crippen molar-refractivity contribution < 1.29 is 14.3 Å². The average molecular weight is 232 g/mol. The van der Waals surface area contributed by atoms with E-state index < -0.39 is 0 Å². The molecule has 0 unspecified atom stereocenters. The van der Waals surface area contributed by atoms with Crippen molar-refractivity contribution in [2.75, 3.05) is 20.3 Å². The summed E-state index contributed by atoms with van der Waals surface area (Å²) in [5.41, 5.74) is 0. The van der Waals surface area contributed by atoms with Crippen molar-refractivity contribution >= 4 is 17.1 Å². The molecule has 1 heterocycles. The number of methoxy groups -OCH3 is 1. The lowest BCUT2D eigenvalue weighted by molar-refractivity contribution is -0.124. The Labute approximate surface area is 90.4 Å². The molecule has 0 aromatic carbocycles. The van der Waals surface area contributed by atoms with Crippen molar-refractivity contribution in [3.8, 4) is 5.19 Å². The van der Waals surface area contributed by atoms with Gasteiger partial charge in [-0.2, -0.15) is 0 Å². The Morgan fingerprint density at radius 1 is 1.60 bits per heavy atom. The van der Waals surface area contributed by atoms with Crippen molar-refractivity contribution in [1.29, 1.82) is 0 Å². The first-order valence-corrected chi connectivity index (χ1v) is 5.20. The molecule has 0 radical (unpaired) electrons. The van der Waals surface area contributed by atoms with Crippen LogP contribution in [0.2, 0.25) is 0 Å². The minimum atomic E-state index is -0.309. The molecule has 0 N–H and O–H groups in total. The molecule has 0 aliphatic heterocycles. The van der Waals surface area contributed by atoms with Gasteiger partial charge in [-0.1, -0.05) is 0 Å². The standard InChI is InChI=1S/C8H12N2O4S/c1-3-14-5-6(11)4-10-8(12)15-7(9-10)13-2/h3-5H2,1-2H3. The fourth-order valence-electron chi connectivity index (χ4n) is 0.898. The molecule has 0 aliphatic carbocycles. The van der Waals surface area contributed by atoms with Crippen LogP contribution >= 0.6 is 11.3 Å². The van der Waals surface area contributed by atoms with Crippen molar-refractivity contribution in [3.63, 3.8) is 0 Å². The Morgan fingerprint density at radius 2 is 2.33 bits per heavy atom. The number of carbonyl (C=O) groups is 1. The van der Waals surface area contributed by atoms with Gasteiger partial charge in [0.15, 0.2) is 5.78 Å². The smallest absolute Gasteiger partial charge is 0.328 e. The van der Waals surface area contributed by atoms with Gasteiger partial charge in [0.2, 0.25) is 0 Å². The first kappa shape index (κ1) is 11.9. The predicted octanol–water partition coefficient (Wildman–Crippen LogP) is -0.0810. The number of rotatable bonds is 6. The third-order valence-electron chi connectivity index (χ3n) is 1.56. The average Bonchev–Trinajstić information content (AvgIpc) is 2.57. The number of aromatic nitrogens is 2. The van der Waals surface area contributed by atoms with Gasteiger partial charge in [-0.05, 0) is 18.3 Å². The maximum absolute atomic E-state index is 11.3. The summed E-state index contributed by atoms with van der Waals surface area (Å²) in [6.45, 7) is 2.20. The van der Waals surface area contributed by atoms with Crippen molar-refractivity contribution in [3.05, 3.63) is 9.67 Å². The molecule has 1 aromatic rings. The van der Waals surface area contributed by atoms with Gasteiger partial charge in [-0.3, -0.25) is 9.59 Å². The van der Waals surface area contributed by atoms with Crippen LogP contribution in [-0.2, 0) is 16.1 Å². The van der Waals surface area contributed by atoms with E-state index in [0.29, 0.717) is 6.61 Å². The number of carbonyl (C=O) groups excluding carboxylic acids is 1. The lowest BCUT2D eigenvalue weighted by Crippen LogP contribution is -2.23. The van der Waals surface area contributed by atoms with E-state index in [1.807, 2.05) is 0 Å². The second-order valence-corrected chi connectivity index (χ2v) is 3.57. The van der Waals surface area contributed by atoms with Gasteiger partial charge < -0.3 is 9.47 Å². The van der Waals surface area contributed by atoms with Gasteiger partial charge in [0.1, 0.15) is 13.2 Å². The summed E-state index contributed by atoms with van der Waals surface area (Å²) in [6.07, 6.45) is 0. The zero-order chi connectivity index (χ0) is 11.3. The summed E-state index contributed by atoms with van der Waals surface area (Å²) in [5, 5.41) is 4.05. The summed E-state index contributed by atoms with van der Waals surface area (Å²) < 4.78 is 10.8. The summed E-state index contributed by atoms with van der Waals surface area (Å²) >= 11 is 0.861. The zero-order valence-corrected chi connectivity index (χ0v) is 9.37. The molecule has 1 aromatic heterocycles. The summed E-state index contributed by atoms with van der Waals surface area (Å²) in [6, 6.07) is 0. The molecular weight excluding hydrogens is 220 g/mol. The van der Waals surface area contributed by atoms with E-state index in [1.54, 1.807) is 6.92 Å².